The van der Waals surface area contributed by atoms with E-state index in [1.807, 2.05) is 6.07 Å². The molecule has 1 aromatic heterocycles. The van der Waals surface area contributed by atoms with Gasteiger partial charge in [0.05, 0.1) is 30.4 Å². The molecule has 0 saturated carbocycles. The number of amides is 2. The highest BCUT2D eigenvalue weighted by atomic mass is 32.2. The van der Waals surface area contributed by atoms with Crippen LogP contribution in [-0.4, -0.2) is 87.2 Å². The van der Waals surface area contributed by atoms with Gasteiger partial charge < -0.3 is 23.7 Å². The summed E-state index contributed by atoms with van der Waals surface area (Å²) in [6.45, 7) is 2.48. The largest absolute Gasteiger partial charge is 0.495 e. The smallest absolute Gasteiger partial charge is 0.409 e. The zero-order chi connectivity index (χ0) is 28.2. The normalized spacial score (nSPS) is 14.8. The molecule has 0 N–H and O–H groups in total. The fraction of sp³-hybridized carbons (Fsp3) is 0.360. The summed E-state index contributed by atoms with van der Waals surface area (Å²) in [7, 11) is -1.05. The number of benzene rings is 2. The van der Waals surface area contributed by atoms with Crippen LogP contribution in [0.25, 0.3) is 10.2 Å². The van der Waals surface area contributed by atoms with Gasteiger partial charge in [-0.25, -0.2) is 13.2 Å². The number of nitrogens with zero attached hydrogens (tertiary/aromatic N) is 4. The summed E-state index contributed by atoms with van der Waals surface area (Å²) in [4.78, 5) is 43.0. The van der Waals surface area contributed by atoms with Crippen molar-refractivity contribution in [3.8, 4) is 5.75 Å². The predicted octanol–water partition coefficient (Wildman–Crippen LogP) is 2.09. The fourth-order valence-electron chi connectivity index (χ4n) is 4.08. The fourth-order valence-corrected chi connectivity index (χ4v) is 6.55. The molecular weight excluding hydrogens is 548 g/mol. The van der Waals surface area contributed by atoms with Gasteiger partial charge in [0.25, 0.3) is 5.91 Å². The van der Waals surface area contributed by atoms with E-state index in [9.17, 15) is 22.8 Å². The summed E-state index contributed by atoms with van der Waals surface area (Å²) in [6, 6.07) is 10.9. The zero-order valence-corrected chi connectivity index (χ0v) is 23.3. The maximum absolute atomic E-state index is 13.1. The number of aromatic nitrogens is 1. The summed E-state index contributed by atoms with van der Waals surface area (Å²) < 4.78 is 45.1. The zero-order valence-electron chi connectivity index (χ0n) is 21.7. The topological polar surface area (TPSA) is 137 Å². The molecule has 39 heavy (non-hydrogen) atoms. The van der Waals surface area contributed by atoms with Gasteiger partial charge in [-0.3, -0.25) is 9.59 Å². The van der Waals surface area contributed by atoms with Crippen LogP contribution in [0.1, 0.15) is 17.3 Å². The summed E-state index contributed by atoms with van der Waals surface area (Å²) >= 11 is 1.21. The van der Waals surface area contributed by atoms with E-state index in [0.717, 1.165) is 4.70 Å². The highest BCUT2D eigenvalue weighted by Gasteiger charge is 2.30. The van der Waals surface area contributed by atoms with Gasteiger partial charge >= 0.3 is 12.1 Å². The number of thiazole rings is 1. The Morgan fingerprint density at radius 1 is 1.00 bits per heavy atom. The molecule has 0 unspecified atom stereocenters. The number of ether oxygens (including phenoxy) is 3. The van der Waals surface area contributed by atoms with E-state index in [1.165, 1.54) is 59.0 Å². The van der Waals surface area contributed by atoms with Crippen LogP contribution in [0.5, 0.6) is 5.75 Å². The van der Waals surface area contributed by atoms with E-state index in [2.05, 4.69) is 4.99 Å². The molecule has 3 aromatic rings. The number of hydrogen-bond donors (Lipinski definition) is 0. The van der Waals surface area contributed by atoms with Crippen LogP contribution in [0.4, 0.5) is 4.79 Å². The van der Waals surface area contributed by atoms with E-state index < -0.39 is 28.0 Å². The van der Waals surface area contributed by atoms with E-state index in [4.69, 9.17) is 14.2 Å². The van der Waals surface area contributed by atoms with Gasteiger partial charge in [0.1, 0.15) is 17.8 Å². The molecule has 0 bridgehead atoms. The minimum atomic E-state index is -3.83. The molecule has 2 amide bonds. The van der Waals surface area contributed by atoms with Gasteiger partial charge in [-0.05, 0) is 43.3 Å². The van der Waals surface area contributed by atoms with Crippen molar-refractivity contribution in [1.82, 2.24) is 13.8 Å². The van der Waals surface area contributed by atoms with Crippen molar-refractivity contribution >= 4 is 49.5 Å². The first-order chi connectivity index (χ1) is 18.7. The number of fused-ring (bicyclic) bond motifs is 1. The monoisotopic (exact) mass is 576 g/mol. The highest BCUT2D eigenvalue weighted by Crippen LogP contribution is 2.27. The van der Waals surface area contributed by atoms with E-state index in [0.29, 0.717) is 11.3 Å². The Kier molecular flexibility index (Phi) is 8.67. The third-order valence-corrected chi connectivity index (χ3v) is 9.06. The predicted molar refractivity (Wildman–Crippen MR) is 142 cm³/mol. The molecule has 0 aliphatic carbocycles. The van der Waals surface area contributed by atoms with Crippen LogP contribution in [0.15, 0.2) is 52.4 Å². The average molecular weight is 577 g/mol. The van der Waals surface area contributed by atoms with Crippen LogP contribution in [0.3, 0.4) is 0 Å². The third kappa shape index (κ3) is 5.97. The first-order valence-corrected chi connectivity index (χ1v) is 14.3. The number of sulfonamides is 1. The minimum absolute atomic E-state index is 0.0241. The number of esters is 1. The van der Waals surface area contributed by atoms with E-state index in [-0.39, 0.29) is 54.6 Å². The van der Waals surface area contributed by atoms with Crippen LogP contribution < -0.4 is 9.54 Å². The van der Waals surface area contributed by atoms with Crippen molar-refractivity contribution in [2.24, 2.45) is 4.99 Å². The van der Waals surface area contributed by atoms with E-state index in [1.54, 1.807) is 23.6 Å². The molecule has 1 aliphatic rings. The standard InChI is InChI=1S/C25H28N4O8S2/c1-4-37-25(32)27-12-14-28(15-13-27)39(33,34)18-10-8-17(9-11-18)23(31)26-24-29(16-21(30)36-3)22-19(35-2)6-5-7-20(22)38-24/h5-11H,4,12-16H2,1-3H3. The summed E-state index contributed by atoms with van der Waals surface area (Å²) in [5.41, 5.74) is 0.779. The van der Waals surface area contributed by atoms with Crippen molar-refractivity contribution in [2.45, 2.75) is 18.4 Å². The molecule has 2 heterocycles. The number of piperazine rings is 1. The molecular formula is C25H28N4O8S2. The number of hydrogen-bond acceptors (Lipinski definition) is 9. The third-order valence-electron chi connectivity index (χ3n) is 6.10. The lowest BCUT2D eigenvalue weighted by Gasteiger charge is -2.33. The van der Waals surface area contributed by atoms with Crippen LogP contribution in [0.2, 0.25) is 0 Å². The Morgan fingerprint density at radius 2 is 1.69 bits per heavy atom. The Bertz CT molecular complexity index is 1550. The maximum atomic E-state index is 13.1. The maximum Gasteiger partial charge on any atom is 0.409 e. The van der Waals surface area contributed by atoms with Gasteiger partial charge in [0.15, 0.2) is 4.80 Å². The SMILES string of the molecule is CCOC(=O)N1CCN(S(=O)(=O)c2ccc(C(=O)N=c3sc4cccc(OC)c4n3CC(=O)OC)cc2)CC1. The number of rotatable bonds is 7. The molecule has 0 spiro atoms. The summed E-state index contributed by atoms with van der Waals surface area (Å²) in [6.07, 6.45) is -0.467. The van der Waals surface area contributed by atoms with Crippen molar-refractivity contribution in [3.05, 3.63) is 52.8 Å². The van der Waals surface area contributed by atoms with Gasteiger partial charge in [-0.2, -0.15) is 9.30 Å². The quantitative estimate of drug-likeness (QED) is 0.390. The lowest BCUT2D eigenvalue weighted by atomic mass is 10.2. The van der Waals surface area contributed by atoms with Crippen molar-refractivity contribution < 1.29 is 37.0 Å². The van der Waals surface area contributed by atoms with Gasteiger partial charge in [-0.1, -0.05) is 17.4 Å². The molecule has 1 fully saturated rings. The summed E-state index contributed by atoms with van der Waals surface area (Å²) in [5, 5.41) is 0. The molecule has 0 atom stereocenters. The molecule has 12 nitrogen and oxygen atoms in total. The highest BCUT2D eigenvalue weighted by molar-refractivity contribution is 7.89. The number of methoxy groups -OCH3 is 2. The van der Waals surface area contributed by atoms with Crippen molar-refractivity contribution in [2.75, 3.05) is 47.0 Å². The van der Waals surface area contributed by atoms with Crippen LogP contribution in [-0.2, 0) is 30.8 Å². The number of carbonyl (C=O) groups is 3. The first-order valence-electron chi connectivity index (χ1n) is 12.0. The van der Waals surface area contributed by atoms with E-state index >= 15 is 0 Å². The molecule has 2 aromatic carbocycles. The lowest BCUT2D eigenvalue weighted by molar-refractivity contribution is -0.141. The van der Waals surface area contributed by atoms with Crippen LogP contribution >= 0.6 is 11.3 Å². The second kappa shape index (κ2) is 12.0. The number of para-hydroxylation sites is 1. The lowest BCUT2D eigenvalue weighted by Crippen LogP contribution is -2.50. The Morgan fingerprint density at radius 3 is 2.31 bits per heavy atom. The van der Waals surface area contributed by atoms with Gasteiger partial charge in [0.2, 0.25) is 10.0 Å². The summed E-state index contributed by atoms with van der Waals surface area (Å²) in [5.74, 6) is -0.613. The number of carbonyl (C=O) groups excluding carboxylic acids is 3. The molecule has 1 aliphatic heterocycles. The second-order valence-electron chi connectivity index (χ2n) is 8.39. The van der Waals surface area contributed by atoms with Crippen LogP contribution in [0, 0.1) is 0 Å². The van der Waals surface area contributed by atoms with Gasteiger partial charge in [-0.15, -0.1) is 0 Å². The molecule has 14 heteroatoms. The molecule has 208 valence electrons. The average Bonchev–Trinajstić information content (AvgIpc) is 3.29. The van der Waals surface area contributed by atoms with Crippen molar-refractivity contribution in [3.63, 3.8) is 0 Å². The van der Waals surface area contributed by atoms with Crippen molar-refractivity contribution in [1.29, 1.82) is 0 Å². The Balaban J connectivity index is 1.57. The molecule has 1 saturated heterocycles. The minimum Gasteiger partial charge on any atom is -0.495 e. The molecule has 4 rings (SSSR count). The molecule has 0 radical (unpaired) electrons. The first kappa shape index (κ1) is 28.3. The van der Waals surface area contributed by atoms with Gasteiger partial charge in [0, 0.05) is 31.7 Å². The second-order valence-corrected chi connectivity index (χ2v) is 11.3. The Hall–Kier alpha value is -3.75. The Labute approximate surface area is 229 Å².